The summed E-state index contributed by atoms with van der Waals surface area (Å²) in [6, 6.07) is 8.09. The molecule has 1 N–H and O–H groups in total. The van der Waals surface area contributed by atoms with E-state index in [-0.39, 0.29) is 11.9 Å². The molecule has 0 fully saturated rings. The van der Waals surface area contributed by atoms with Crippen LogP contribution in [0, 0.1) is 5.82 Å². The first-order valence-electron chi connectivity index (χ1n) is 5.25. The first-order chi connectivity index (χ1) is 8.24. The molecule has 2 aromatic rings. The lowest BCUT2D eigenvalue weighted by Crippen LogP contribution is -2.19. The van der Waals surface area contributed by atoms with Gasteiger partial charge in [-0.2, -0.15) is 0 Å². The van der Waals surface area contributed by atoms with Gasteiger partial charge < -0.3 is 5.32 Å². The highest BCUT2D eigenvalue weighted by atomic mass is 35.5. The number of hydrogen-bond acceptors (Lipinski definition) is 2. The highest BCUT2D eigenvalue weighted by molar-refractivity contribution is 6.31. The van der Waals surface area contributed by atoms with Crippen molar-refractivity contribution in [3.05, 3.63) is 64.7 Å². The molecule has 1 unspecified atom stereocenters. The van der Waals surface area contributed by atoms with E-state index in [1.165, 1.54) is 6.07 Å². The zero-order chi connectivity index (χ0) is 12.3. The van der Waals surface area contributed by atoms with Crippen LogP contribution in [-0.4, -0.2) is 12.0 Å². The third-order valence-corrected chi connectivity index (χ3v) is 2.92. The predicted octanol–water partition coefficient (Wildman–Crippen LogP) is 3.18. The summed E-state index contributed by atoms with van der Waals surface area (Å²) in [6.07, 6.45) is 3.38. The normalized spacial score (nSPS) is 12.4. The van der Waals surface area contributed by atoms with E-state index in [4.69, 9.17) is 11.6 Å². The zero-order valence-corrected chi connectivity index (χ0v) is 10.1. The third kappa shape index (κ3) is 2.46. The molecule has 0 saturated heterocycles. The fourth-order valence-electron chi connectivity index (χ4n) is 1.81. The number of rotatable bonds is 3. The van der Waals surface area contributed by atoms with Gasteiger partial charge in [-0.05, 0) is 30.8 Å². The molecule has 4 heteroatoms. The summed E-state index contributed by atoms with van der Waals surface area (Å²) in [6.45, 7) is 0. The van der Waals surface area contributed by atoms with Gasteiger partial charge in [0.05, 0.1) is 6.04 Å². The number of benzene rings is 1. The summed E-state index contributed by atoms with van der Waals surface area (Å²) < 4.78 is 13.8. The maximum atomic E-state index is 13.8. The molecule has 0 aliphatic rings. The number of halogens is 2. The van der Waals surface area contributed by atoms with Gasteiger partial charge in [-0.25, -0.2) is 4.39 Å². The Morgan fingerprint density at radius 3 is 2.71 bits per heavy atom. The monoisotopic (exact) mass is 250 g/mol. The predicted molar refractivity (Wildman–Crippen MR) is 66.5 cm³/mol. The molecular weight excluding hydrogens is 239 g/mol. The van der Waals surface area contributed by atoms with Crippen molar-refractivity contribution in [3.8, 4) is 0 Å². The maximum Gasteiger partial charge on any atom is 0.129 e. The molecule has 1 heterocycles. The summed E-state index contributed by atoms with van der Waals surface area (Å²) in [5, 5.41) is 3.46. The summed E-state index contributed by atoms with van der Waals surface area (Å²) in [7, 11) is 1.76. The molecule has 1 aromatic carbocycles. The molecule has 0 radical (unpaired) electrons. The van der Waals surface area contributed by atoms with Crippen LogP contribution in [-0.2, 0) is 0 Å². The summed E-state index contributed by atoms with van der Waals surface area (Å²) in [5.74, 6) is -0.319. The van der Waals surface area contributed by atoms with Crippen molar-refractivity contribution < 1.29 is 4.39 Å². The van der Waals surface area contributed by atoms with E-state index in [9.17, 15) is 4.39 Å². The Labute approximate surface area is 104 Å². The van der Waals surface area contributed by atoms with Gasteiger partial charge >= 0.3 is 0 Å². The van der Waals surface area contributed by atoms with Gasteiger partial charge in [0.1, 0.15) is 5.82 Å². The Hall–Kier alpha value is -1.45. The second kappa shape index (κ2) is 5.25. The smallest absolute Gasteiger partial charge is 0.129 e. The zero-order valence-electron chi connectivity index (χ0n) is 9.32. The minimum Gasteiger partial charge on any atom is -0.309 e. The quantitative estimate of drug-likeness (QED) is 0.905. The lowest BCUT2D eigenvalue weighted by atomic mass is 10.00. The van der Waals surface area contributed by atoms with Gasteiger partial charge in [0.2, 0.25) is 0 Å². The lowest BCUT2D eigenvalue weighted by Gasteiger charge is -2.18. The highest BCUT2D eigenvalue weighted by Gasteiger charge is 2.19. The Bertz CT molecular complexity index is 482. The molecule has 1 aromatic heterocycles. The topological polar surface area (TPSA) is 24.9 Å². The van der Waals surface area contributed by atoms with Gasteiger partial charge in [-0.3, -0.25) is 4.98 Å². The van der Waals surface area contributed by atoms with Crippen molar-refractivity contribution in [1.82, 2.24) is 10.3 Å². The Morgan fingerprint density at radius 1 is 1.29 bits per heavy atom. The summed E-state index contributed by atoms with van der Waals surface area (Å²) in [5.41, 5.74) is 1.33. The molecule has 0 bridgehead atoms. The van der Waals surface area contributed by atoms with Gasteiger partial charge in [0.25, 0.3) is 0 Å². The second-order valence-electron chi connectivity index (χ2n) is 3.64. The van der Waals surface area contributed by atoms with Crippen LogP contribution in [0.1, 0.15) is 17.2 Å². The molecular formula is C13H12ClFN2. The molecule has 0 aliphatic heterocycles. The average Bonchev–Trinajstić information content (AvgIpc) is 2.35. The van der Waals surface area contributed by atoms with Crippen LogP contribution in [0.3, 0.4) is 0 Å². The standard InChI is InChI=1S/C13H12ClFN2/c1-16-13(9-4-3-7-17-8-9)12-10(14)5-2-6-11(12)15/h2-8,13,16H,1H3. The van der Waals surface area contributed by atoms with E-state index >= 15 is 0 Å². The Morgan fingerprint density at radius 2 is 2.12 bits per heavy atom. The van der Waals surface area contributed by atoms with E-state index in [2.05, 4.69) is 10.3 Å². The van der Waals surface area contributed by atoms with E-state index in [1.54, 1.807) is 31.6 Å². The van der Waals surface area contributed by atoms with Crippen molar-refractivity contribution in [2.24, 2.45) is 0 Å². The van der Waals surface area contributed by atoms with Crippen LogP contribution in [0.5, 0.6) is 0 Å². The molecule has 2 rings (SSSR count). The van der Waals surface area contributed by atoms with Crippen molar-refractivity contribution in [2.45, 2.75) is 6.04 Å². The van der Waals surface area contributed by atoms with E-state index in [0.717, 1.165) is 5.56 Å². The first-order valence-corrected chi connectivity index (χ1v) is 5.63. The van der Waals surface area contributed by atoms with E-state index < -0.39 is 0 Å². The number of nitrogens with zero attached hydrogens (tertiary/aromatic N) is 1. The fraction of sp³-hybridized carbons (Fsp3) is 0.154. The maximum absolute atomic E-state index is 13.8. The first kappa shape index (κ1) is 12.0. The average molecular weight is 251 g/mol. The lowest BCUT2D eigenvalue weighted by molar-refractivity contribution is 0.576. The Kier molecular flexibility index (Phi) is 3.71. The molecule has 1 atom stereocenters. The van der Waals surface area contributed by atoms with Crippen LogP contribution < -0.4 is 5.32 Å². The molecule has 17 heavy (non-hydrogen) atoms. The van der Waals surface area contributed by atoms with Crippen molar-refractivity contribution >= 4 is 11.6 Å². The van der Waals surface area contributed by atoms with Crippen LogP contribution in [0.2, 0.25) is 5.02 Å². The van der Waals surface area contributed by atoms with Crippen LogP contribution in [0.4, 0.5) is 4.39 Å². The van der Waals surface area contributed by atoms with Gasteiger partial charge in [-0.1, -0.05) is 23.7 Å². The van der Waals surface area contributed by atoms with Crippen molar-refractivity contribution in [3.63, 3.8) is 0 Å². The molecule has 2 nitrogen and oxygen atoms in total. The molecule has 0 spiro atoms. The van der Waals surface area contributed by atoms with Crippen molar-refractivity contribution in [1.29, 1.82) is 0 Å². The van der Waals surface area contributed by atoms with Gasteiger partial charge in [0, 0.05) is 23.0 Å². The van der Waals surface area contributed by atoms with E-state index in [1.807, 2.05) is 12.1 Å². The summed E-state index contributed by atoms with van der Waals surface area (Å²) >= 11 is 6.05. The number of aromatic nitrogens is 1. The number of pyridine rings is 1. The molecule has 88 valence electrons. The van der Waals surface area contributed by atoms with Crippen LogP contribution >= 0.6 is 11.6 Å². The molecule has 0 amide bonds. The van der Waals surface area contributed by atoms with Gasteiger partial charge in [-0.15, -0.1) is 0 Å². The van der Waals surface area contributed by atoms with Crippen LogP contribution in [0.25, 0.3) is 0 Å². The third-order valence-electron chi connectivity index (χ3n) is 2.59. The highest BCUT2D eigenvalue weighted by Crippen LogP contribution is 2.29. The Balaban J connectivity index is 2.50. The summed E-state index contributed by atoms with van der Waals surface area (Å²) in [4.78, 5) is 4.03. The number of nitrogens with one attached hydrogen (secondary N) is 1. The van der Waals surface area contributed by atoms with Crippen LogP contribution in [0.15, 0.2) is 42.7 Å². The van der Waals surface area contributed by atoms with E-state index in [0.29, 0.717) is 10.6 Å². The SMILES string of the molecule is CNC(c1cccnc1)c1c(F)cccc1Cl. The molecule has 0 saturated carbocycles. The molecule has 0 aliphatic carbocycles. The van der Waals surface area contributed by atoms with Crippen molar-refractivity contribution in [2.75, 3.05) is 7.05 Å². The van der Waals surface area contributed by atoms with Gasteiger partial charge in [0.15, 0.2) is 0 Å². The fourth-order valence-corrected chi connectivity index (χ4v) is 2.08. The minimum atomic E-state index is -0.319. The second-order valence-corrected chi connectivity index (χ2v) is 4.05. The largest absolute Gasteiger partial charge is 0.309 e. The minimum absolute atomic E-state index is 0.294. The number of hydrogen-bond donors (Lipinski definition) is 1.